The summed E-state index contributed by atoms with van der Waals surface area (Å²) in [4.78, 5) is 6.83. The number of aryl methyl sites for hydroxylation is 2. The molecule has 3 rings (SSSR count). The van der Waals surface area contributed by atoms with Crippen molar-refractivity contribution >= 4 is 43.9 Å². The van der Waals surface area contributed by atoms with Gasteiger partial charge in [0.2, 0.25) is 0 Å². The average Bonchev–Trinajstić information content (AvgIpc) is 3.37. The first-order valence-corrected chi connectivity index (χ1v) is 9.53. The lowest BCUT2D eigenvalue weighted by molar-refractivity contribution is 0.478. The fraction of sp³-hybridized carbons (Fsp3) is 0.316. The zero-order valence-electron chi connectivity index (χ0n) is 14.0. The molecule has 0 aliphatic heterocycles. The molecule has 2 aromatic rings. The summed E-state index contributed by atoms with van der Waals surface area (Å²) in [6.45, 7) is 4.11. The number of aliphatic imine (C=N–C) groups is 1. The van der Waals surface area contributed by atoms with Crippen molar-refractivity contribution in [3.8, 4) is 11.5 Å². The van der Waals surface area contributed by atoms with Gasteiger partial charge < -0.3 is 9.64 Å². The van der Waals surface area contributed by atoms with Crippen LogP contribution in [0.1, 0.15) is 24.0 Å². The number of benzene rings is 2. The molecule has 0 amide bonds. The van der Waals surface area contributed by atoms with Gasteiger partial charge in [-0.25, -0.2) is 4.99 Å². The molecule has 1 fully saturated rings. The maximum Gasteiger partial charge on any atom is 0.130 e. The van der Waals surface area contributed by atoms with Gasteiger partial charge in [-0.1, -0.05) is 0 Å². The molecule has 0 heterocycles. The fourth-order valence-corrected chi connectivity index (χ4v) is 3.02. The molecule has 1 saturated carbocycles. The van der Waals surface area contributed by atoms with Crippen molar-refractivity contribution in [3.05, 3.63) is 50.4 Å². The highest BCUT2D eigenvalue weighted by Crippen LogP contribution is 2.34. The summed E-state index contributed by atoms with van der Waals surface area (Å²) in [7, 11) is 2.09. The van der Waals surface area contributed by atoms with Gasteiger partial charge in [-0.3, -0.25) is 0 Å². The van der Waals surface area contributed by atoms with Crippen molar-refractivity contribution in [1.82, 2.24) is 4.90 Å². The Morgan fingerprint density at radius 2 is 1.83 bits per heavy atom. The third-order valence-electron chi connectivity index (χ3n) is 4.11. The second kappa shape index (κ2) is 7.28. The minimum absolute atomic E-state index is 0.675. The van der Waals surface area contributed by atoms with Crippen LogP contribution in [0.3, 0.4) is 0 Å². The second-order valence-electron chi connectivity index (χ2n) is 6.22. The van der Waals surface area contributed by atoms with Crippen molar-refractivity contribution < 1.29 is 4.74 Å². The van der Waals surface area contributed by atoms with Crippen LogP contribution in [-0.2, 0) is 0 Å². The average molecular weight is 452 g/mol. The number of halogens is 2. The number of hydrogen-bond donors (Lipinski definition) is 0. The van der Waals surface area contributed by atoms with E-state index in [1.165, 1.54) is 12.8 Å². The molecule has 3 nitrogen and oxygen atoms in total. The Morgan fingerprint density at radius 1 is 1.08 bits per heavy atom. The van der Waals surface area contributed by atoms with E-state index >= 15 is 0 Å². The van der Waals surface area contributed by atoms with Crippen LogP contribution in [0.4, 0.5) is 5.69 Å². The number of hydrogen-bond acceptors (Lipinski definition) is 2. The van der Waals surface area contributed by atoms with Crippen LogP contribution in [0.5, 0.6) is 11.5 Å². The van der Waals surface area contributed by atoms with E-state index in [0.717, 1.165) is 37.3 Å². The summed E-state index contributed by atoms with van der Waals surface area (Å²) in [6.07, 6.45) is 4.48. The third-order valence-corrected chi connectivity index (χ3v) is 5.99. The van der Waals surface area contributed by atoms with Gasteiger partial charge >= 0.3 is 0 Å². The lowest BCUT2D eigenvalue weighted by Gasteiger charge is -2.13. The molecule has 2 aromatic carbocycles. The zero-order chi connectivity index (χ0) is 17.3. The minimum Gasteiger partial charge on any atom is -0.457 e. The van der Waals surface area contributed by atoms with Crippen LogP contribution in [0.25, 0.3) is 0 Å². The van der Waals surface area contributed by atoms with E-state index in [-0.39, 0.29) is 0 Å². The van der Waals surface area contributed by atoms with Gasteiger partial charge in [0, 0.05) is 22.0 Å². The van der Waals surface area contributed by atoms with E-state index in [1.54, 1.807) is 0 Å². The molecule has 1 aliphatic carbocycles. The van der Waals surface area contributed by atoms with Gasteiger partial charge in [0.25, 0.3) is 0 Å². The van der Waals surface area contributed by atoms with Gasteiger partial charge in [-0.15, -0.1) is 0 Å². The summed E-state index contributed by atoms with van der Waals surface area (Å²) < 4.78 is 8.02. The molecule has 0 atom stereocenters. The maximum atomic E-state index is 6.04. The summed E-state index contributed by atoms with van der Waals surface area (Å²) in [5, 5.41) is 0. The summed E-state index contributed by atoms with van der Waals surface area (Å²) in [6, 6.07) is 10.7. The van der Waals surface area contributed by atoms with Crippen molar-refractivity contribution in [3.63, 3.8) is 0 Å². The molecule has 0 saturated heterocycles. The topological polar surface area (TPSA) is 24.8 Å². The fourth-order valence-electron chi connectivity index (χ4n) is 2.42. The highest BCUT2D eigenvalue weighted by molar-refractivity contribution is 9.13. The van der Waals surface area contributed by atoms with Crippen LogP contribution < -0.4 is 4.74 Å². The largest absolute Gasteiger partial charge is 0.457 e. The van der Waals surface area contributed by atoms with E-state index < -0.39 is 0 Å². The standard InChI is InChI=1S/C19H20Br2N2O/c1-12-9-19(24-15-6-7-16(20)17(21)10-15)13(2)8-18(12)22-11-23(3)14-4-5-14/h6-11,14H,4-5H2,1-3H3. The van der Waals surface area contributed by atoms with E-state index in [9.17, 15) is 0 Å². The lowest BCUT2D eigenvalue weighted by atomic mass is 10.1. The Labute approximate surface area is 160 Å². The molecule has 0 aromatic heterocycles. The quantitative estimate of drug-likeness (QED) is 0.389. The van der Waals surface area contributed by atoms with Crippen molar-refractivity contribution in [2.45, 2.75) is 32.7 Å². The van der Waals surface area contributed by atoms with Gasteiger partial charge in [0.15, 0.2) is 0 Å². The van der Waals surface area contributed by atoms with Crippen LogP contribution in [0.2, 0.25) is 0 Å². The maximum absolute atomic E-state index is 6.04. The molecule has 0 radical (unpaired) electrons. The van der Waals surface area contributed by atoms with Crippen molar-refractivity contribution in [2.24, 2.45) is 4.99 Å². The molecule has 5 heteroatoms. The smallest absolute Gasteiger partial charge is 0.130 e. The Kier molecular flexibility index (Phi) is 5.30. The predicted molar refractivity (Wildman–Crippen MR) is 107 cm³/mol. The molecule has 0 unspecified atom stereocenters. The van der Waals surface area contributed by atoms with Crippen LogP contribution in [0, 0.1) is 13.8 Å². The van der Waals surface area contributed by atoms with E-state index in [2.05, 4.69) is 67.9 Å². The minimum atomic E-state index is 0.675. The summed E-state index contributed by atoms with van der Waals surface area (Å²) in [5.74, 6) is 1.66. The first-order valence-electron chi connectivity index (χ1n) is 7.94. The van der Waals surface area contributed by atoms with Crippen LogP contribution >= 0.6 is 31.9 Å². The van der Waals surface area contributed by atoms with E-state index in [0.29, 0.717) is 6.04 Å². The van der Waals surface area contributed by atoms with Crippen LogP contribution in [0.15, 0.2) is 44.3 Å². The molecule has 0 spiro atoms. The van der Waals surface area contributed by atoms with E-state index in [1.807, 2.05) is 31.5 Å². The molecule has 1 aliphatic rings. The monoisotopic (exact) mass is 450 g/mol. The molecule has 0 N–H and O–H groups in total. The van der Waals surface area contributed by atoms with E-state index in [4.69, 9.17) is 4.74 Å². The number of rotatable bonds is 5. The zero-order valence-corrected chi connectivity index (χ0v) is 17.2. The summed E-state index contributed by atoms with van der Waals surface area (Å²) >= 11 is 6.98. The van der Waals surface area contributed by atoms with Gasteiger partial charge in [0.1, 0.15) is 11.5 Å². The van der Waals surface area contributed by atoms with Gasteiger partial charge in [-0.05, 0) is 100 Å². The molecule has 0 bridgehead atoms. The van der Waals surface area contributed by atoms with Crippen molar-refractivity contribution in [2.75, 3.05) is 7.05 Å². The highest BCUT2D eigenvalue weighted by atomic mass is 79.9. The van der Waals surface area contributed by atoms with Crippen LogP contribution in [-0.4, -0.2) is 24.3 Å². The normalized spacial score (nSPS) is 14.2. The molecule has 24 heavy (non-hydrogen) atoms. The molecular formula is C19H20Br2N2O. The third kappa shape index (κ3) is 4.19. The second-order valence-corrected chi connectivity index (χ2v) is 7.93. The van der Waals surface area contributed by atoms with Gasteiger partial charge in [-0.2, -0.15) is 0 Å². The SMILES string of the molecule is Cc1cc(Oc2ccc(Br)c(Br)c2)c(C)cc1N=CN(C)C1CC1. The Balaban J connectivity index is 1.79. The highest BCUT2D eigenvalue weighted by Gasteiger charge is 2.24. The first kappa shape index (κ1) is 17.5. The molecular weight excluding hydrogens is 432 g/mol. The molecule has 126 valence electrons. The number of nitrogens with zero attached hydrogens (tertiary/aromatic N) is 2. The predicted octanol–water partition coefficient (Wildman–Crippen LogP) is 6.37. The van der Waals surface area contributed by atoms with Crippen molar-refractivity contribution in [1.29, 1.82) is 0 Å². The first-order chi connectivity index (χ1) is 11.4. The summed E-state index contributed by atoms with van der Waals surface area (Å²) in [5.41, 5.74) is 3.16. The Hall–Kier alpha value is -1.33. The Bertz CT molecular complexity index is 785. The number of ether oxygens (including phenoxy) is 1. The Morgan fingerprint density at radius 3 is 2.50 bits per heavy atom. The van der Waals surface area contributed by atoms with Gasteiger partial charge in [0.05, 0.1) is 12.0 Å². The lowest BCUT2D eigenvalue weighted by Crippen LogP contribution is -2.17.